The molecule has 0 atom stereocenters. The van der Waals surface area contributed by atoms with E-state index in [1.54, 1.807) is 6.07 Å². The molecular weight excluding hydrogens is 332 g/mol. The molecule has 130 valence electrons. The Morgan fingerprint density at radius 3 is 2.48 bits per heavy atom. The second-order valence-corrected chi connectivity index (χ2v) is 6.68. The van der Waals surface area contributed by atoms with Gasteiger partial charge in [0.2, 0.25) is 0 Å². The third kappa shape index (κ3) is 3.48. The van der Waals surface area contributed by atoms with E-state index in [1.807, 2.05) is 34.9 Å². The van der Waals surface area contributed by atoms with E-state index >= 15 is 0 Å². The van der Waals surface area contributed by atoms with Crippen molar-refractivity contribution in [2.45, 2.75) is 39.3 Å². The fourth-order valence-corrected chi connectivity index (χ4v) is 3.54. The normalized spacial score (nSPS) is 11.2. The molecule has 3 rings (SSSR count). The largest absolute Gasteiger partial charge is 0.325 e. The lowest BCUT2D eigenvalue weighted by molar-refractivity contribution is 0.571. The van der Waals surface area contributed by atoms with Crippen molar-refractivity contribution in [1.82, 2.24) is 4.57 Å². The first-order valence-corrected chi connectivity index (χ1v) is 9.15. The Morgan fingerprint density at radius 1 is 1.04 bits per heavy atom. The van der Waals surface area contributed by atoms with Gasteiger partial charge in [-0.2, -0.15) is 0 Å². The number of nitrogens with two attached hydrogens (primary N) is 1. The van der Waals surface area contributed by atoms with Crippen LogP contribution in [0.25, 0.3) is 21.9 Å². The van der Waals surface area contributed by atoms with Crippen molar-refractivity contribution in [3.63, 3.8) is 0 Å². The molecule has 0 radical (unpaired) electrons. The molecule has 0 saturated carbocycles. The van der Waals surface area contributed by atoms with Crippen molar-refractivity contribution < 1.29 is 0 Å². The van der Waals surface area contributed by atoms with Crippen molar-refractivity contribution in [2.75, 3.05) is 0 Å². The number of aromatic nitrogens is 1. The zero-order valence-electron chi connectivity index (χ0n) is 14.5. The van der Waals surface area contributed by atoms with E-state index in [0.717, 1.165) is 41.5 Å². The molecule has 3 aromatic rings. The Hall–Kier alpha value is -2.10. The molecule has 0 aliphatic heterocycles. The molecule has 0 aliphatic carbocycles. The van der Waals surface area contributed by atoms with Crippen LogP contribution in [0.5, 0.6) is 0 Å². The van der Waals surface area contributed by atoms with Crippen LogP contribution in [0.1, 0.15) is 31.9 Å². The van der Waals surface area contributed by atoms with Crippen LogP contribution in [0.3, 0.4) is 0 Å². The first-order valence-electron chi connectivity index (χ1n) is 8.77. The Labute approximate surface area is 153 Å². The van der Waals surface area contributed by atoms with Gasteiger partial charge in [-0.1, -0.05) is 61.7 Å². The maximum Gasteiger partial charge on any atom is 0.258 e. The maximum atomic E-state index is 13.1. The van der Waals surface area contributed by atoms with Crippen LogP contribution in [-0.2, 0) is 13.1 Å². The molecule has 1 heterocycles. The smallest absolute Gasteiger partial charge is 0.258 e. The van der Waals surface area contributed by atoms with E-state index in [0.29, 0.717) is 23.5 Å². The van der Waals surface area contributed by atoms with E-state index < -0.39 is 0 Å². The molecule has 0 bridgehead atoms. The minimum atomic E-state index is 0.0166. The molecule has 4 heteroatoms. The van der Waals surface area contributed by atoms with Crippen LogP contribution in [0.2, 0.25) is 5.02 Å². The summed E-state index contributed by atoms with van der Waals surface area (Å²) in [6, 6.07) is 15.6. The molecule has 3 nitrogen and oxygen atoms in total. The summed E-state index contributed by atoms with van der Waals surface area (Å²) in [6.07, 6.45) is 3.17. The van der Waals surface area contributed by atoms with Gasteiger partial charge in [-0.3, -0.25) is 4.79 Å². The van der Waals surface area contributed by atoms with Crippen LogP contribution in [0.15, 0.2) is 53.3 Å². The average Bonchev–Trinajstić information content (AvgIpc) is 2.63. The number of unbranched alkanes of at least 4 members (excludes halogenated alkanes) is 2. The molecular formula is C21H23ClN2O. The third-order valence-electron chi connectivity index (χ3n) is 4.58. The van der Waals surface area contributed by atoms with Gasteiger partial charge in [0.05, 0.1) is 0 Å². The highest BCUT2D eigenvalue weighted by molar-refractivity contribution is 6.31. The number of pyridine rings is 1. The number of halogens is 1. The molecule has 0 aliphatic rings. The number of rotatable bonds is 6. The summed E-state index contributed by atoms with van der Waals surface area (Å²) in [5, 5.41) is 2.18. The predicted octanol–water partition coefficient (Wildman–Crippen LogP) is 4.97. The second kappa shape index (κ2) is 7.85. The van der Waals surface area contributed by atoms with Crippen molar-refractivity contribution in [3.05, 3.63) is 69.6 Å². The topological polar surface area (TPSA) is 48.0 Å². The molecule has 0 unspecified atom stereocenters. The second-order valence-electron chi connectivity index (χ2n) is 6.25. The quantitative estimate of drug-likeness (QED) is 0.635. The highest BCUT2D eigenvalue weighted by Gasteiger charge is 2.17. The summed E-state index contributed by atoms with van der Waals surface area (Å²) in [4.78, 5) is 13.1. The summed E-state index contributed by atoms with van der Waals surface area (Å²) >= 11 is 6.23. The number of hydrogen-bond acceptors (Lipinski definition) is 2. The van der Waals surface area contributed by atoms with E-state index in [2.05, 4.69) is 19.1 Å². The summed E-state index contributed by atoms with van der Waals surface area (Å²) in [5.41, 5.74) is 9.06. The van der Waals surface area contributed by atoms with Crippen LogP contribution in [0.4, 0.5) is 0 Å². The van der Waals surface area contributed by atoms with Gasteiger partial charge in [0.15, 0.2) is 0 Å². The lowest BCUT2D eigenvalue weighted by Gasteiger charge is -2.19. The predicted molar refractivity (Wildman–Crippen MR) is 106 cm³/mol. The van der Waals surface area contributed by atoms with Crippen LogP contribution in [0, 0.1) is 0 Å². The van der Waals surface area contributed by atoms with Crippen LogP contribution < -0.4 is 11.3 Å². The first kappa shape index (κ1) is 17.7. The Kier molecular flexibility index (Phi) is 5.57. The molecule has 25 heavy (non-hydrogen) atoms. The molecule has 0 amide bonds. The Balaban J connectivity index is 2.35. The number of benzene rings is 2. The number of nitrogens with zero attached hydrogens (tertiary/aromatic N) is 1. The summed E-state index contributed by atoms with van der Waals surface area (Å²) < 4.78 is 1.86. The zero-order valence-corrected chi connectivity index (χ0v) is 15.2. The number of fused-ring (bicyclic) bond motifs is 1. The maximum absolute atomic E-state index is 13.1. The minimum absolute atomic E-state index is 0.0166. The molecule has 0 fully saturated rings. The van der Waals surface area contributed by atoms with Crippen molar-refractivity contribution >= 4 is 22.4 Å². The fraction of sp³-hybridized carbons (Fsp3) is 0.286. The van der Waals surface area contributed by atoms with Gasteiger partial charge in [0, 0.05) is 34.8 Å². The number of hydrogen-bond donors (Lipinski definition) is 1. The SMILES string of the molecule is CCCCCn1c(CN)c(-c2ccccc2)c2cc(Cl)ccc2c1=O. The van der Waals surface area contributed by atoms with Gasteiger partial charge in [-0.15, -0.1) is 0 Å². The molecule has 0 spiro atoms. The van der Waals surface area contributed by atoms with Crippen LogP contribution in [-0.4, -0.2) is 4.57 Å². The van der Waals surface area contributed by atoms with Gasteiger partial charge >= 0.3 is 0 Å². The van der Waals surface area contributed by atoms with E-state index in [1.165, 1.54) is 0 Å². The van der Waals surface area contributed by atoms with Gasteiger partial charge in [-0.05, 0) is 35.6 Å². The fourth-order valence-electron chi connectivity index (χ4n) is 3.36. The minimum Gasteiger partial charge on any atom is -0.325 e. The van der Waals surface area contributed by atoms with Crippen LogP contribution >= 0.6 is 11.6 Å². The summed E-state index contributed by atoms with van der Waals surface area (Å²) in [6.45, 7) is 3.16. The average molecular weight is 355 g/mol. The Morgan fingerprint density at radius 2 is 1.80 bits per heavy atom. The van der Waals surface area contributed by atoms with Gasteiger partial charge in [0.1, 0.15) is 0 Å². The highest BCUT2D eigenvalue weighted by atomic mass is 35.5. The standard InChI is InChI=1S/C21H23ClN2O/c1-2-3-7-12-24-19(14-23)20(15-8-5-4-6-9-15)18-13-16(22)10-11-17(18)21(24)25/h4-6,8-11,13H,2-3,7,12,14,23H2,1H3. The van der Waals surface area contributed by atoms with E-state index in [-0.39, 0.29) is 5.56 Å². The summed E-state index contributed by atoms with van der Waals surface area (Å²) in [5.74, 6) is 0. The molecule has 2 N–H and O–H groups in total. The lowest BCUT2D eigenvalue weighted by atomic mass is 9.96. The third-order valence-corrected chi connectivity index (χ3v) is 4.82. The highest BCUT2D eigenvalue weighted by Crippen LogP contribution is 2.32. The molecule has 1 aromatic heterocycles. The monoisotopic (exact) mass is 354 g/mol. The Bertz CT molecular complexity index is 932. The van der Waals surface area contributed by atoms with Gasteiger partial charge in [0.25, 0.3) is 5.56 Å². The van der Waals surface area contributed by atoms with Crippen molar-refractivity contribution in [3.8, 4) is 11.1 Å². The summed E-state index contributed by atoms with van der Waals surface area (Å²) in [7, 11) is 0. The van der Waals surface area contributed by atoms with Gasteiger partial charge < -0.3 is 10.3 Å². The zero-order chi connectivity index (χ0) is 17.8. The molecule has 0 saturated heterocycles. The van der Waals surface area contributed by atoms with Gasteiger partial charge in [-0.25, -0.2) is 0 Å². The van der Waals surface area contributed by atoms with E-state index in [4.69, 9.17) is 17.3 Å². The molecule has 2 aromatic carbocycles. The van der Waals surface area contributed by atoms with E-state index in [9.17, 15) is 4.79 Å². The lowest BCUT2D eigenvalue weighted by Crippen LogP contribution is -2.26. The van der Waals surface area contributed by atoms with Crippen molar-refractivity contribution in [2.24, 2.45) is 5.73 Å². The first-order chi connectivity index (χ1) is 12.2. The van der Waals surface area contributed by atoms with Crippen molar-refractivity contribution in [1.29, 1.82) is 0 Å².